The highest BCUT2D eigenvalue weighted by Gasteiger charge is 2.19. The summed E-state index contributed by atoms with van der Waals surface area (Å²) in [6.45, 7) is 2.24. The number of benzene rings is 1. The molecule has 16 heavy (non-hydrogen) atoms. The van der Waals surface area contributed by atoms with E-state index in [1.165, 1.54) is 6.07 Å². The zero-order valence-electron chi connectivity index (χ0n) is 9.17. The lowest BCUT2D eigenvalue weighted by molar-refractivity contribution is 0.0953. The number of Topliss-reactive ketones (excluding diaryl/α,β-unsaturated/α-hetero) is 1. The van der Waals surface area contributed by atoms with E-state index in [9.17, 15) is 13.6 Å². The molecule has 0 saturated carbocycles. The topological polar surface area (TPSA) is 43.1 Å². The number of hydrogen-bond acceptors (Lipinski definition) is 2. The van der Waals surface area contributed by atoms with E-state index in [2.05, 4.69) is 0 Å². The van der Waals surface area contributed by atoms with Crippen LogP contribution in [-0.4, -0.2) is 12.3 Å². The van der Waals surface area contributed by atoms with E-state index in [1.807, 2.05) is 6.92 Å². The van der Waals surface area contributed by atoms with Gasteiger partial charge in [-0.25, -0.2) is 8.78 Å². The van der Waals surface area contributed by atoms with Crippen LogP contribution in [0, 0.1) is 17.6 Å². The lowest BCUT2D eigenvalue weighted by atomic mass is 9.96. The Hall–Kier alpha value is -1.29. The van der Waals surface area contributed by atoms with Gasteiger partial charge >= 0.3 is 0 Å². The molecule has 0 fully saturated rings. The van der Waals surface area contributed by atoms with Crippen LogP contribution in [0.15, 0.2) is 18.2 Å². The van der Waals surface area contributed by atoms with Gasteiger partial charge in [0, 0.05) is 6.42 Å². The smallest absolute Gasteiger partial charge is 0.169 e. The van der Waals surface area contributed by atoms with Crippen LogP contribution in [0.4, 0.5) is 8.78 Å². The minimum Gasteiger partial charge on any atom is -0.330 e. The van der Waals surface area contributed by atoms with Crippen molar-refractivity contribution in [2.75, 3.05) is 6.54 Å². The maximum Gasteiger partial charge on any atom is 0.169 e. The molecule has 1 unspecified atom stereocenters. The molecule has 1 aromatic rings. The van der Waals surface area contributed by atoms with E-state index in [-0.39, 0.29) is 12.3 Å². The number of carbonyl (C=O) groups is 1. The van der Waals surface area contributed by atoms with Gasteiger partial charge in [0.2, 0.25) is 0 Å². The van der Waals surface area contributed by atoms with Gasteiger partial charge in [-0.3, -0.25) is 4.79 Å². The number of carbonyl (C=O) groups excluding carboxylic acids is 1. The maximum atomic E-state index is 13.3. The minimum absolute atomic E-state index is 0.0218. The van der Waals surface area contributed by atoms with Gasteiger partial charge in [-0.2, -0.15) is 0 Å². The Labute approximate surface area is 93.5 Å². The van der Waals surface area contributed by atoms with Crippen molar-refractivity contribution in [2.45, 2.75) is 19.8 Å². The maximum absolute atomic E-state index is 13.3. The Kier molecular flexibility index (Phi) is 4.55. The van der Waals surface area contributed by atoms with Crippen molar-refractivity contribution in [3.05, 3.63) is 35.4 Å². The summed E-state index contributed by atoms with van der Waals surface area (Å²) in [5.74, 6) is -2.16. The first-order valence-electron chi connectivity index (χ1n) is 5.27. The quantitative estimate of drug-likeness (QED) is 0.785. The molecule has 0 heterocycles. The van der Waals surface area contributed by atoms with E-state index in [0.29, 0.717) is 6.54 Å². The Morgan fingerprint density at radius 1 is 1.38 bits per heavy atom. The third-order valence-electron chi connectivity index (χ3n) is 2.63. The molecule has 0 spiro atoms. The number of rotatable bonds is 5. The first-order valence-corrected chi connectivity index (χ1v) is 5.27. The second kappa shape index (κ2) is 5.70. The van der Waals surface area contributed by atoms with Crippen molar-refractivity contribution in [1.82, 2.24) is 0 Å². The molecule has 88 valence electrons. The molecule has 2 N–H and O–H groups in total. The van der Waals surface area contributed by atoms with Gasteiger partial charge in [0.1, 0.15) is 11.6 Å². The minimum atomic E-state index is -0.808. The fourth-order valence-electron chi connectivity index (χ4n) is 1.52. The fraction of sp³-hybridized carbons (Fsp3) is 0.417. The van der Waals surface area contributed by atoms with Crippen LogP contribution < -0.4 is 5.73 Å². The average Bonchev–Trinajstić information content (AvgIpc) is 2.25. The third kappa shape index (κ3) is 2.85. The molecule has 0 aliphatic rings. The Bertz CT molecular complexity index is 355. The molecule has 1 atom stereocenters. The van der Waals surface area contributed by atoms with Crippen LogP contribution in [0.25, 0.3) is 0 Å². The van der Waals surface area contributed by atoms with Gasteiger partial charge in [-0.1, -0.05) is 19.4 Å². The lowest BCUT2D eigenvalue weighted by Gasteiger charge is -2.11. The number of halogens is 2. The zero-order chi connectivity index (χ0) is 12.1. The Balaban J connectivity index is 2.88. The predicted molar refractivity (Wildman–Crippen MR) is 58.1 cm³/mol. The van der Waals surface area contributed by atoms with Crippen LogP contribution in [0.3, 0.4) is 0 Å². The van der Waals surface area contributed by atoms with Crippen LogP contribution in [0.1, 0.15) is 30.1 Å². The molecule has 0 aliphatic carbocycles. The average molecular weight is 227 g/mol. The standard InChI is InChI=1S/C12H15F2NO/c1-2-8(7-15)6-11(16)12-9(13)4-3-5-10(12)14/h3-5,8H,2,6-7,15H2,1H3. The molecule has 0 saturated heterocycles. The molecular weight excluding hydrogens is 212 g/mol. The normalized spacial score (nSPS) is 12.5. The van der Waals surface area contributed by atoms with Gasteiger partial charge in [0.05, 0.1) is 5.56 Å². The van der Waals surface area contributed by atoms with Crippen molar-refractivity contribution in [3.63, 3.8) is 0 Å². The molecule has 1 rings (SSSR count). The molecule has 1 aromatic carbocycles. The van der Waals surface area contributed by atoms with Gasteiger partial charge in [0.15, 0.2) is 5.78 Å². The van der Waals surface area contributed by atoms with Crippen molar-refractivity contribution in [1.29, 1.82) is 0 Å². The summed E-state index contributed by atoms with van der Waals surface area (Å²) in [5, 5.41) is 0. The van der Waals surface area contributed by atoms with Crippen LogP contribution in [0.2, 0.25) is 0 Å². The summed E-state index contributed by atoms with van der Waals surface area (Å²) >= 11 is 0. The van der Waals surface area contributed by atoms with Crippen LogP contribution in [-0.2, 0) is 0 Å². The summed E-state index contributed by atoms with van der Waals surface area (Å²) in [5.41, 5.74) is 5.00. The van der Waals surface area contributed by atoms with Crippen molar-refractivity contribution >= 4 is 5.78 Å². The molecule has 4 heteroatoms. The highest BCUT2D eigenvalue weighted by molar-refractivity contribution is 5.96. The monoisotopic (exact) mass is 227 g/mol. The second-order valence-corrected chi connectivity index (χ2v) is 3.73. The molecule has 2 nitrogen and oxygen atoms in total. The lowest BCUT2D eigenvalue weighted by Crippen LogP contribution is -2.18. The van der Waals surface area contributed by atoms with Gasteiger partial charge in [-0.15, -0.1) is 0 Å². The largest absolute Gasteiger partial charge is 0.330 e. The second-order valence-electron chi connectivity index (χ2n) is 3.73. The zero-order valence-corrected chi connectivity index (χ0v) is 9.17. The summed E-state index contributed by atoms with van der Waals surface area (Å²) in [4.78, 5) is 11.7. The highest BCUT2D eigenvalue weighted by atomic mass is 19.1. The summed E-state index contributed by atoms with van der Waals surface area (Å²) in [7, 11) is 0. The van der Waals surface area contributed by atoms with Gasteiger partial charge in [-0.05, 0) is 24.6 Å². The SMILES string of the molecule is CCC(CN)CC(=O)c1c(F)cccc1F. The predicted octanol–water partition coefficient (Wildman–Crippen LogP) is 2.52. The van der Waals surface area contributed by atoms with Gasteiger partial charge < -0.3 is 5.73 Å². The third-order valence-corrected chi connectivity index (χ3v) is 2.63. The van der Waals surface area contributed by atoms with Crippen molar-refractivity contribution < 1.29 is 13.6 Å². The molecule has 0 bridgehead atoms. The van der Waals surface area contributed by atoms with E-state index in [4.69, 9.17) is 5.73 Å². The van der Waals surface area contributed by atoms with E-state index in [1.54, 1.807) is 0 Å². The Morgan fingerprint density at radius 2 is 1.94 bits per heavy atom. The van der Waals surface area contributed by atoms with E-state index >= 15 is 0 Å². The van der Waals surface area contributed by atoms with E-state index in [0.717, 1.165) is 18.6 Å². The highest BCUT2D eigenvalue weighted by Crippen LogP contribution is 2.17. The molecule has 0 radical (unpaired) electrons. The van der Waals surface area contributed by atoms with Crippen LogP contribution >= 0.6 is 0 Å². The molecule has 0 aliphatic heterocycles. The summed E-state index contributed by atoms with van der Waals surface area (Å²) in [6, 6.07) is 3.40. The van der Waals surface area contributed by atoms with Crippen molar-refractivity contribution in [3.8, 4) is 0 Å². The number of nitrogens with two attached hydrogens (primary N) is 1. The van der Waals surface area contributed by atoms with E-state index < -0.39 is 23.0 Å². The summed E-state index contributed by atoms with van der Waals surface area (Å²) in [6.07, 6.45) is 0.809. The molecule has 0 amide bonds. The van der Waals surface area contributed by atoms with Crippen LogP contribution in [0.5, 0.6) is 0 Å². The van der Waals surface area contributed by atoms with Crippen molar-refractivity contribution in [2.24, 2.45) is 11.7 Å². The number of ketones is 1. The molecule has 0 aromatic heterocycles. The molecular formula is C12H15F2NO. The number of hydrogen-bond donors (Lipinski definition) is 1. The first-order chi connectivity index (χ1) is 7.60. The van der Waals surface area contributed by atoms with Gasteiger partial charge in [0.25, 0.3) is 0 Å². The Morgan fingerprint density at radius 3 is 2.38 bits per heavy atom. The fourth-order valence-corrected chi connectivity index (χ4v) is 1.52. The summed E-state index contributed by atoms with van der Waals surface area (Å²) < 4.78 is 26.5. The first kappa shape index (κ1) is 12.8.